The van der Waals surface area contributed by atoms with Gasteiger partial charge in [-0.3, -0.25) is 4.98 Å². The second kappa shape index (κ2) is 5.84. The van der Waals surface area contributed by atoms with E-state index in [0.717, 1.165) is 5.56 Å². The van der Waals surface area contributed by atoms with Crippen LogP contribution in [0.1, 0.15) is 11.5 Å². The van der Waals surface area contributed by atoms with Gasteiger partial charge in [0.2, 0.25) is 10.0 Å². The standard InChI is InChI=1S/C14H16N2O3S2/c17-9-12-7-16(8-14(12)11-3-5-20-10-11)21(18,19)13-2-1-4-15-6-13/h1-6,10,12,14,17H,7-9H2/t12-,14-/m0/s1. The molecular weight excluding hydrogens is 308 g/mol. The fourth-order valence-electron chi connectivity index (χ4n) is 2.73. The third-order valence-electron chi connectivity index (χ3n) is 3.89. The average molecular weight is 324 g/mol. The highest BCUT2D eigenvalue weighted by Crippen LogP contribution is 2.36. The average Bonchev–Trinajstić information content (AvgIpc) is 3.17. The molecule has 0 spiro atoms. The van der Waals surface area contributed by atoms with Crippen molar-refractivity contribution >= 4 is 21.4 Å². The fourth-order valence-corrected chi connectivity index (χ4v) is 4.94. The molecule has 0 amide bonds. The van der Waals surface area contributed by atoms with Crippen LogP contribution in [0.3, 0.4) is 0 Å². The largest absolute Gasteiger partial charge is 0.396 e. The molecule has 1 fully saturated rings. The summed E-state index contributed by atoms with van der Waals surface area (Å²) in [6, 6.07) is 5.16. The molecule has 112 valence electrons. The highest BCUT2D eigenvalue weighted by atomic mass is 32.2. The Labute approximate surface area is 127 Å². The van der Waals surface area contributed by atoms with Gasteiger partial charge in [-0.15, -0.1) is 0 Å². The first-order valence-corrected chi connectivity index (χ1v) is 9.04. The van der Waals surface area contributed by atoms with Gasteiger partial charge in [0.25, 0.3) is 0 Å². The number of thiophene rings is 1. The van der Waals surface area contributed by atoms with Crippen molar-refractivity contribution in [1.29, 1.82) is 0 Å². The van der Waals surface area contributed by atoms with Crippen LogP contribution in [0.2, 0.25) is 0 Å². The van der Waals surface area contributed by atoms with E-state index in [1.165, 1.54) is 10.5 Å². The minimum absolute atomic E-state index is 0.0143. The second-order valence-electron chi connectivity index (χ2n) is 5.12. The van der Waals surface area contributed by atoms with Gasteiger partial charge in [-0.1, -0.05) is 0 Å². The first kappa shape index (κ1) is 14.6. The van der Waals surface area contributed by atoms with Crippen LogP contribution in [-0.2, 0) is 10.0 Å². The predicted octanol–water partition coefficient (Wildman–Crippen LogP) is 1.54. The lowest BCUT2D eigenvalue weighted by Crippen LogP contribution is -2.29. The van der Waals surface area contributed by atoms with E-state index in [2.05, 4.69) is 4.98 Å². The molecule has 7 heteroatoms. The lowest BCUT2D eigenvalue weighted by Gasteiger charge is -2.16. The molecule has 5 nitrogen and oxygen atoms in total. The Morgan fingerprint density at radius 2 is 2.24 bits per heavy atom. The van der Waals surface area contributed by atoms with E-state index in [-0.39, 0.29) is 23.3 Å². The highest BCUT2D eigenvalue weighted by Gasteiger charge is 2.39. The van der Waals surface area contributed by atoms with E-state index >= 15 is 0 Å². The first-order chi connectivity index (χ1) is 10.1. The van der Waals surface area contributed by atoms with Gasteiger partial charge in [-0.2, -0.15) is 15.6 Å². The molecule has 0 aromatic carbocycles. The number of aliphatic hydroxyl groups is 1. The van der Waals surface area contributed by atoms with Crippen LogP contribution in [0.25, 0.3) is 0 Å². The third kappa shape index (κ3) is 2.74. The minimum atomic E-state index is -3.54. The zero-order chi connectivity index (χ0) is 14.9. The Bertz CT molecular complexity index is 686. The number of nitrogens with zero attached hydrogens (tertiary/aromatic N) is 2. The molecule has 0 radical (unpaired) electrons. The Morgan fingerprint density at radius 1 is 1.38 bits per heavy atom. The zero-order valence-corrected chi connectivity index (χ0v) is 12.9. The van der Waals surface area contributed by atoms with Crippen molar-refractivity contribution in [3.05, 3.63) is 46.9 Å². The maximum absolute atomic E-state index is 12.6. The van der Waals surface area contributed by atoms with E-state index < -0.39 is 10.0 Å². The van der Waals surface area contributed by atoms with E-state index in [1.54, 1.807) is 29.7 Å². The van der Waals surface area contributed by atoms with Crippen molar-refractivity contribution in [2.45, 2.75) is 10.8 Å². The van der Waals surface area contributed by atoms with Crippen LogP contribution in [0, 0.1) is 5.92 Å². The molecule has 1 aliphatic heterocycles. The van der Waals surface area contributed by atoms with Crippen molar-refractivity contribution in [2.75, 3.05) is 19.7 Å². The van der Waals surface area contributed by atoms with E-state index in [1.807, 2.05) is 16.8 Å². The normalized spacial score (nSPS) is 23.5. The van der Waals surface area contributed by atoms with Gasteiger partial charge in [0, 0.05) is 43.9 Å². The Balaban J connectivity index is 1.88. The molecule has 0 aliphatic carbocycles. The topological polar surface area (TPSA) is 70.5 Å². The van der Waals surface area contributed by atoms with Crippen molar-refractivity contribution < 1.29 is 13.5 Å². The van der Waals surface area contributed by atoms with Gasteiger partial charge in [0.15, 0.2) is 0 Å². The summed E-state index contributed by atoms with van der Waals surface area (Å²) in [5, 5.41) is 13.6. The molecule has 21 heavy (non-hydrogen) atoms. The highest BCUT2D eigenvalue weighted by molar-refractivity contribution is 7.89. The quantitative estimate of drug-likeness (QED) is 0.926. The first-order valence-electron chi connectivity index (χ1n) is 6.66. The number of aromatic nitrogens is 1. The third-order valence-corrected chi connectivity index (χ3v) is 6.40. The van der Waals surface area contributed by atoms with Crippen LogP contribution >= 0.6 is 11.3 Å². The van der Waals surface area contributed by atoms with Crippen molar-refractivity contribution in [2.24, 2.45) is 5.92 Å². The van der Waals surface area contributed by atoms with Crippen LogP contribution in [-0.4, -0.2) is 42.5 Å². The fraction of sp³-hybridized carbons (Fsp3) is 0.357. The molecule has 1 saturated heterocycles. The van der Waals surface area contributed by atoms with Crippen molar-refractivity contribution in [3.8, 4) is 0 Å². The number of rotatable bonds is 4. The summed E-state index contributed by atoms with van der Waals surface area (Å²) in [5.74, 6) is -0.0151. The van der Waals surface area contributed by atoms with Gasteiger partial charge >= 0.3 is 0 Å². The number of aliphatic hydroxyl groups excluding tert-OH is 1. The number of hydrogen-bond donors (Lipinski definition) is 1. The summed E-state index contributed by atoms with van der Waals surface area (Å²) in [6.45, 7) is 0.729. The van der Waals surface area contributed by atoms with E-state index in [4.69, 9.17) is 0 Å². The lowest BCUT2D eigenvalue weighted by atomic mass is 9.92. The molecule has 0 unspecified atom stereocenters. The summed E-state index contributed by atoms with van der Waals surface area (Å²) >= 11 is 1.58. The summed E-state index contributed by atoms with van der Waals surface area (Å²) in [4.78, 5) is 4.08. The minimum Gasteiger partial charge on any atom is -0.396 e. The number of pyridine rings is 1. The molecule has 0 saturated carbocycles. The van der Waals surface area contributed by atoms with Gasteiger partial charge in [-0.05, 0) is 34.5 Å². The molecule has 1 N–H and O–H groups in total. The van der Waals surface area contributed by atoms with Crippen LogP contribution in [0.15, 0.2) is 46.2 Å². The van der Waals surface area contributed by atoms with Gasteiger partial charge < -0.3 is 5.11 Å². The smallest absolute Gasteiger partial charge is 0.244 e. The Kier molecular flexibility index (Phi) is 4.08. The number of sulfonamides is 1. The molecule has 2 aromatic heterocycles. The molecule has 0 bridgehead atoms. The number of hydrogen-bond acceptors (Lipinski definition) is 5. The SMILES string of the molecule is O=S(=O)(c1cccnc1)N1C[C@@H](CO)[C@H](c2ccsc2)C1. The van der Waals surface area contributed by atoms with E-state index in [9.17, 15) is 13.5 Å². The molecule has 1 aliphatic rings. The van der Waals surface area contributed by atoms with Crippen molar-refractivity contribution in [1.82, 2.24) is 9.29 Å². The maximum atomic E-state index is 12.6. The molecule has 2 atom stereocenters. The Hall–Kier alpha value is -1.28. The monoisotopic (exact) mass is 324 g/mol. The van der Waals surface area contributed by atoms with Gasteiger partial charge in [-0.25, -0.2) is 8.42 Å². The van der Waals surface area contributed by atoms with Crippen LogP contribution < -0.4 is 0 Å². The predicted molar refractivity (Wildman–Crippen MR) is 80.6 cm³/mol. The summed E-state index contributed by atoms with van der Waals surface area (Å²) in [7, 11) is -3.54. The molecular formula is C14H16N2O3S2. The van der Waals surface area contributed by atoms with Crippen molar-refractivity contribution in [3.63, 3.8) is 0 Å². The summed E-state index contributed by atoms with van der Waals surface area (Å²) in [6.07, 6.45) is 2.91. The zero-order valence-electron chi connectivity index (χ0n) is 11.3. The van der Waals surface area contributed by atoms with Crippen LogP contribution in [0.5, 0.6) is 0 Å². The summed E-state index contributed by atoms with van der Waals surface area (Å²) < 4.78 is 26.7. The second-order valence-corrected chi connectivity index (χ2v) is 7.83. The molecule has 2 aromatic rings. The molecule has 3 rings (SSSR count). The summed E-state index contributed by atoms with van der Waals surface area (Å²) in [5.41, 5.74) is 1.10. The molecule has 3 heterocycles. The van der Waals surface area contributed by atoms with Crippen LogP contribution in [0.4, 0.5) is 0 Å². The maximum Gasteiger partial charge on any atom is 0.244 e. The lowest BCUT2D eigenvalue weighted by molar-refractivity contribution is 0.223. The Morgan fingerprint density at radius 3 is 2.86 bits per heavy atom. The van der Waals surface area contributed by atoms with Gasteiger partial charge in [0.1, 0.15) is 4.90 Å². The van der Waals surface area contributed by atoms with E-state index in [0.29, 0.717) is 13.1 Å². The van der Waals surface area contributed by atoms with Gasteiger partial charge in [0.05, 0.1) is 0 Å².